The van der Waals surface area contributed by atoms with Crippen molar-refractivity contribution in [2.24, 2.45) is 0 Å². The summed E-state index contributed by atoms with van der Waals surface area (Å²) in [6.07, 6.45) is 1.86. The molecule has 0 aromatic carbocycles. The lowest BCUT2D eigenvalue weighted by Crippen LogP contribution is -2.27. The van der Waals surface area contributed by atoms with Gasteiger partial charge in [0.05, 0.1) is 11.2 Å². The molecular weight excluding hydrogens is 280 g/mol. The van der Waals surface area contributed by atoms with Crippen molar-refractivity contribution in [2.45, 2.75) is 26.9 Å². The second kappa shape index (κ2) is 6.74. The lowest BCUT2D eigenvalue weighted by Gasteiger charge is -2.14. The molecule has 2 heterocycles. The molecule has 0 saturated heterocycles. The summed E-state index contributed by atoms with van der Waals surface area (Å²) in [5.41, 5.74) is 2.79. The number of thiazole rings is 2. The average molecular weight is 296 g/mol. The van der Waals surface area contributed by atoms with Crippen LogP contribution < -0.4 is 10.2 Å². The molecule has 2 rings (SSSR count). The van der Waals surface area contributed by atoms with E-state index in [-0.39, 0.29) is 5.91 Å². The van der Waals surface area contributed by atoms with Crippen molar-refractivity contribution in [2.75, 3.05) is 11.4 Å². The van der Waals surface area contributed by atoms with Crippen molar-refractivity contribution in [1.29, 1.82) is 0 Å². The van der Waals surface area contributed by atoms with Crippen LogP contribution in [0.3, 0.4) is 0 Å². The second-order valence-electron chi connectivity index (χ2n) is 3.96. The maximum atomic E-state index is 11.4. The Labute approximate surface area is 120 Å². The van der Waals surface area contributed by atoms with Crippen LogP contribution >= 0.6 is 22.7 Å². The summed E-state index contributed by atoms with van der Waals surface area (Å²) in [5, 5.41) is 6.07. The third kappa shape index (κ3) is 3.82. The number of nitrogens with one attached hydrogen (secondary N) is 1. The van der Waals surface area contributed by atoms with Gasteiger partial charge in [0.2, 0.25) is 5.91 Å². The summed E-state index contributed by atoms with van der Waals surface area (Å²) < 4.78 is 0. The minimum absolute atomic E-state index is 0.0287. The summed E-state index contributed by atoms with van der Waals surface area (Å²) in [6.45, 7) is 5.65. The number of aromatic nitrogens is 2. The molecule has 0 aliphatic carbocycles. The number of hydrogen-bond acceptors (Lipinski definition) is 6. The first-order valence-electron chi connectivity index (χ1n) is 6.01. The Kier molecular flexibility index (Phi) is 5.00. The molecule has 0 bridgehead atoms. The van der Waals surface area contributed by atoms with E-state index in [1.807, 2.05) is 24.0 Å². The van der Waals surface area contributed by atoms with Crippen LogP contribution in [-0.4, -0.2) is 22.4 Å². The van der Waals surface area contributed by atoms with Gasteiger partial charge in [-0.25, -0.2) is 4.98 Å². The molecule has 0 radical (unpaired) electrons. The fraction of sp³-hybridized carbons (Fsp3) is 0.417. The number of hydrogen-bond donors (Lipinski definition) is 1. The zero-order chi connectivity index (χ0) is 13.7. The number of rotatable bonds is 6. The molecule has 2 aromatic heterocycles. The predicted octanol–water partition coefficient (Wildman–Crippen LogP) is 2.26. The third-order valence-electron chi connectivity index (χ3n) is 2.56. The van der Waals surface area contributed by atoms with Crippen LogP contribution in [0.15, 0.2) is 17.1 Å². The van der Waals surface area contributed by atoms with Crippen LogP contribution in [0, 0.1) is 0 Å². The highest BCUT2D eigenvalue weighted by atomic mass is 32.1. The van der Waals surface area contributed by atoms with E-state index in [9.17, 15) is 4.79 Å². The number of carbonyl (C=O) groups excluding carboxylic acids is 1. The maximum absolute atomic E-state index is 11.4. The molecule has 0 spiro atoms. The maximum Gasteiger partial charge on any atom is 0.225 e. The van der Waals surface area contributed by atoms with E-state index >= 15 is 0 Å². The van der Waals surface area contributed by atoms with Crippen molar-refractivity contribution in [3.63, 3.8) is 0 Å². The molecule has 0 atom stereocenters. The van der Waals surface area contributed by atoms with Crippen molar-refractivity contribution in [3.8, 4) is 0 Å². The minimum Gasteiger partial charge on any atom is -0.306 e. The minimum atomic E-state index is 0.0287. The zero-order valence-electron chi connectivity index (χ0n) is 10.9. The zero-order valence-corrected chi connectivity index (χ0v) is 12.6. The highest BCUT2D eigenvalue weighted by Crippen LogP contribution is 2.20. The quantitative estimate of drug-likeness (QED) is 0.888. The van der Waals surface area contributed by atoms with E-state index in [2.05, 4.69) is 15.3 Å². The molecule has 5 nitrogen and oxygen atoms in total. The van der Waals surface area contributed by atoms with Gasteiger partial charge < -0.3 is 5.32 Å². The standard InChI is InChI=1S/C12H16N4OS2/c1-3-16(9(2)17)12-15-10(7-18-12)4-13-5-11-6-14-8-19-11/h6-8,13H,3-5H2,1-2H3. The Morgan fingerprint density at radius 3 is 2.89 bits per heavy atom. The predicted molar refractivity (Wildman–Crippen MR) is 78.5 cm³/mol. The number of nitrogens with zero attached hydrogens (tertiary/aromatic N) is 3. The first kappa shape index (κ1) is 14.1. The number of anilines is 1. The van der Waals surface area contributed by atoms with E-state index in [0.717, 1.165) is 17.4 Å². The number of amides is 1. The van der Waals surface area contributed by atoms with E-state index < -0.39 is 0 Å². The van der Waals surface area contributed by atoms with E-state index in [0.29, 0.717) is 13.1 Å². The molecule has 2 aromatic rings. The van der Waals surface area contributed by atoms with Crippen molar-refractivity contribution < 1.29 is 4.79 Å². The molecule has 1 N–H and O–H groups in total. The van der Waals surface area contributed by atoms with Gasteiger partial charge in [-0.2, -0.15) is 0 Å². The van der Waals surface area contributed by atoms with Gasteiger partial charge in [0.1, 0.15) is 0 Å². The Morgan fingerprint density at radius 1 is 1.42 bits per heavy atom. The van der Waals surface area contributed by atoms with Crippen molar-refractivity contribution >= 4 is 33.7 Å². The van der Waals surface area contributed by atoms with E-state index in [4.69, 9.17) is 0 Å². The van der Waals surface area contributed by atoms with Crippen LogP contribution in [-0.2, 0) is 17.9 Å². The molecular formula is C12H16N4OS2. The topological polar surface area (TPSA) is 58.1 Å². The summed E-state index contributed by atoms with van der Waals surface area (Å²) in [7, 11) is 0. The van der Waals surface area contributed by atoms with E-state index in [1.54, 1.807) is 23.2 Å². The van der Waals surface area contributed by atoms with E-state index in [1.165, 1.54) is 16.2 Å². The van der Waals surface area contributed by atoms with Gasteiger partial charge in [0.15, 0.2) is 5.13 Å². The lowest BCUT2D eigenvalue weighted by atomic mass is 10.4. The second-order valence-corrected chi connectivity index (χ2v) is 5.76. The normalized spacial score (nSPS) is 10.6. The third-order valence-corrected chi connectivity index (χ3v) is 4.25. The smallest absolute Gasteiger partial charge is 0.225 e. The van der Waals surface area contributed by atoms with Gasteiger partial charge in [0.25, 0.3) is 0 Å². The van der Waals surface area contributed by atoms with Gasteiger partial charge in [-0.3, -0.25) is 14.7 Å². The fourth-order valence-corrected chi connectivity index (χ4v) is 3.13. The number of carbonyl (C=O) groups is 1. The van der Waals surface area contributed by atoms with Crippen LogP contribution in [0.1, 0.15) is 24.4 Å². The van der Waals surface area contributed by atoms with Crippen molar-refractivity contribution in [3.05, 3.63) is 27.7 Å². The first-order chi connectivity index (χ1) is 9.20. The first-order valence-corrected chi connectivity index (χ1v) is 7.77. The Bertz CT molecular complexity index is 524. The molecule has 102 valence electrons. The Hall–Kier alpha value is -1.31. The average Bonchev–Trinajstić information content (AvgIpc) is 3.02. The Morgan fingerprint density at radius 2 is 2.26 bits per heavy atom. The van der Waals surface area contributed by atoms with Gasteiger partial charge >= 0.3 is 0 Å². The van der Waals surface area contributed by atoms with Crippen LogP contribution in [0.4, 0.5) is 5.13 Å². The molecule has 0 aliphatic heterocycles. The van der Waals surface area contributed by atoms with Crippen LogP contribution in [0.25, 0.3) is 0 Å². The van der Waals surface area contributed by atoms with Gasteiger partial charge in [-0.15, -0.1) is 22.7 Å². The molecule has 0 fully saturated rings. The SMILES string of the molecule is CCN(C(C)=O)c1nc(CNCc2cncs2)cs1. The van der Waals surface area contributed by atoms with Crippen LogP contribution in [0.5, 0.6) is 0 Å². The highest BCUT2D eigenvalue weighted by molar-refractivity contribution is 7.14. The largest absolute Gasteiger partial charge is 0.306 e. The summed E-state index contributed by atoms with van der Waals surface area (Å²) in [5.74, 6) is 0.0287. The monoisotopic (exact) mass is 296 g/mol. The van der Waals surface area contributed by atoms with Gasteiger partial charge in [-0.1, -0.05) is 0 Å². The summed E-state index contributed by atoms with van der Waals surface area (Å²) in [4.78, 5) is 22.8. The summed E-state index contributed by atoms with van der Waals surface area (Å²) >= 11 is 3.13. The molecule has 7 heteroatoms. The highest BCUT2D eigenvalue weighted by Gasteiger charge is 2.13. The van der Waals surface area contributed by atoms with Gasteiger partial charge in [-0.05, 0) is 6.92 Å². The van der Waals surface area contributed by atoms with Gasteiger partial charge in [0, 0.05) is 43.0 Å². The molecule has 0 saturated carbocycles. The molecule has 0 aliphatic rings. The Balaban J connectivity index is 1.88. The van der Waals surface area contributed by atoms with Crippen LogP contribution in [0.2, 0.25) is 0 Å². The molecule has 19 heavy (non-hydrogen) atoms. The summed E-state index contributed by atoms with van der Waals surface area (Å²) in [6, 6.07) is 0. The fourth-order valence-electron chi connectivity index (χ4n) is 1.64. The molecule has 1 amide bonds. The van der Waals surface area contributed by atoms with Crippen molar-refractivity contribution in [1.82, 2.24) is 15.3 Å². The molecule has 0 unspecified atom stereocenters. The lowest BCUT2D eigenvalue weighted by molar-refractivity contribution is -0.116.